The number of carbonyl (C=O) groups excluding carboxylic acids is 2. The molecule has 0 aliphatic heterocycles. The van der Waals surface area contributed by atoms with E-state index in [-0.39, 0.29) is 23.6 Å². The van der Waals surface area contributed by atoms with Gasteiger partial charge in [0.2, 0.25) is 5.91 Å². The number of benzene rings is 1. The minimum Gasteiger partial charge on any atom is -0.496 e. The van der Waals surface area contributed by atoms with E-state index >= 15 is 0 Å². The first-order valence-electron chi connectivity index (χ1n) is 10.6. The first-order chi connectivity index (χ1) is 15.8. The molecule has 2 atom stereocenters. The standard InChI is InChI=1S/C24H27N5O4/c1-14(2)10-20(24(32)28-16(13-25)11-15-6-5-9-27-23(15)31)29-18-7-4-8-21(33-3)17(18)12-19(29)22(26)30/h4-9,12,14,16,20H,10-11H2,1-3H3,(H2,26,30)(H,27,31)(H,28,32)/t16?,20-/m0/s1. The largest absolute Gasteiger partial charge is 0.496 e. The number of hydrogen-bond donors (Lipinski definition) is 3. The Morgan fingerprint density at radius 1 is 1.27 bits per heavy atom. The highest BCUT2D eigenvalue weighted by atomic mass is 16.5. The van der Waals surface area contributed by atoms with Crippen molar-refractivity contribution < 1.29 is 14.3 Å². The SMILES string of the molecule is COc1cccc2c1cc(C(N)=O)n2[C@@H](CC(C)C)C(=O)NC(C#N)Cc1ccc[nH]c1=O. The Labute approximate surface area is 191 Å². The molecule has 0 saturated heterocycles. The van der Waals surface area contributed by atoms with Crippen molar-refractivity contribution in [1.82, 2.24) is 14.9 Å². The topological polar surface area (TPSA) is 143 Å². The summed E-state index contributed by atoms with van der Waals surface area (Å²) in [6, 6.07) is 10.5. The highest BCUT2D eigenvalue weighted by Crippen LogP contribution is 2.33. The maximum absolute atomic E-state index is 13.4. The molecule has 0 spiro atoms. The van der Waals surface area contributed by atoms with Crippen molar-refractivity contribution in [3.63, 3.8) is 0 Å². The number of hydrogen-bond acceptors (Lipinski definition) is 5. The number of fused-ring (bicyclic) bond motifs is 1. The number of amides is 2. The van der Waals surface area contributed by atoms with Crippen LogP contribution in [-0.4, -0.2) is 34.5 Å². The van der Waals surface area contributed by atoms with Crippen LogP contribution in [0.1, 0.15) is 42.4 Å². The van der Waals surface area contributed by atoms with Crippen molar-refractivity contribution in [2.45, 2.75) is 38.8 Å². The minimum absolute atomic E-state index is 0.0513. The summed E-state index contributed by atoms with van der Waals surface area (Å²) in [5.74, 6) is -0.467. The summed E-state index contributed by atoms with van der Waals surface area (Å²) in [4.78, 5) is 40.3. The second-order valence-electron chi connectivity index (χ2n) is 8.22. The van der Waals surface area contributed by atoms with Crippen LogP contribution in [0.15, 0.2) is 47.4 Å². The van der Waals surface area contributed by atoms with Crippen molar-refractivity contribution in [1.29, 1.82) is 5.26 Å². The third-order valence-corrected chi connectivity index (χ3v) is 5.42. The second-order valence-corrected chi connectivity index (χ2v) is 8.22. The highest BCUT2D eigenvalue weighted by Gasteiger charge is 2.29. The first kappa shape index (κ1) is 23.6. The van der Waals surface area contributed by atoms with Crippen molar-refractivity contribution in [2.24, 2.45) is 11.7 Å². The number of nitrogens with two attached hydrogens (primary N) is 1. The Hall–Kier alpha value is -4.06. The smallest absolute Gasteiger partial charge is 0.265 e. The molecule has 9 heteroatoms. The van der Waals surface area contributed by atoms with E-state index in [4.69, 9.17) is 10.5 Å². The molecule has 3 rings (SSSR count). The molecule has 2 heterocycles. The summed E-state index contributed by atoms with van der Waals surface area (Å²) in [5, 5.41) is 13.0. The molecule has 1 aromatic carbocycles. The number of nitrogens with zero attached hydrogens (tertiary/aromatic N) is 2. The van der Waals surface area contributed by atoms with Crippen molar-refractivity contribution >= 4 is 22.7 Å². The van der Waals surface area contributed by atoms with Crippen LogP contribution >= 0.6 is 0 Å². The number of carbonyl (C=O) groups is 2. The number of nitriles is 1. The lowest BCUT2D eigenvalue weighted by molar-refractivity contribution is -0.125. The van der Waals surface area contributed by atoms with Gasteiger partial charge in [0.05, 0.1) is 18.7 Å². The molecule has 3 aromatic rings. The predicted molar refractivity (Wildman–Crippen MR) is 124 cm³/mol. The third kappa shape index (κ3) is 5.06. The third-order valence-electron chi connectivity index (χ3n) is 5.42. The number of aromatic amines is 1. The van der Waals surface area contributed by atoms with Crippen molar-refractivity contribution in [3.8, 4) is 11.8 Å². The summed E-state index contributed by atoms with van der Waals surface area (Å²) >= 11 is 0. The number of nitrogens with one attached hydrogen (secondary N) is 2. The molecular formula is C24H27N5O4. The zero-order valence-electron chi connectivity index (χ0n) is 18.8. The van der Waals surface area contributed by atoms with Gasteiger partial charge in [-0.2, -0.15) is 5.26 Å². The molecular weight excluding hydrogens is 422 g/mol. The van der Waals surface area contributed by atoms with Gasteiger partial charge >= 0.3 is 0 Å². The number of primary amides is 1. The van der Waals surface area contributed by atoms with E-state index in [0.29, 0.717) is 28.6 Å². The van der Waals surface area contributed by atoms with Gasteiger partial charge in [0.1, 0.15) is 23.5 Å². The molecule has 172 valence electrons. The van der Waals surface area contributed by atoms with Crippen LogP contribution in [0.3, 0.4) is 0 Å². The Kier molecular flexibility index (Phi) is 7.18. The van der Waals surface area contributed by atoms with E-state index in [2.05, 4.69) is 10.3 Å². The Bertz CT molecular complexity index is 1270. The summed E-state index contributed by atoms with van der Waals surface area (Å²) in [6.07, 6.45) is 1.95. The van der Waals surface area contributed by atoms with E-state index in [1.807, 2.05) is 19.9 Å². The van der Waals surface area contributed by atoms with Gasteiger partial charge in [-0.25, -0.2) is 0 Å². The van der Waals surface area contributed by atoms with Gasteiger partial charge in [-0.3, -0.25) is 14.4 Å². The molecule has 1 unspecified atom stereocenters. The molecule has 0 aliphatic carbocycles. The summed E-state index contributed by atoms with van der Waals surface area (Å²) in [7, 11) is 1.52. The van der Waals surface area contributed by atoms with Gasteiger partial charge < -0.3 is 25.3 Å². The van der Waals surface area contributed by atoms with Crippen LogP contribution in [0.2, 0.25) is 0 Å². The quantitative estimate of drug-likeness (QED) is 0.459. The molecule has 0 fully saturated rings. The number of methoxy groups -OCH3 is 1. The first-order valence-corrected chi connectivity index (χ1v) is 10.6. The number of H-pyrrole nitrogens is 1. The van der Waals surface area contributed by atoms with E-state index in [1.165, 1.54) is 13.3 Å². The van der Waals surface area contributed by atoms with Crippen LogP contribution in [0.25, 0.3) is 10.9 Å². The molecule has 0 aliphatic rings. The number of aromatic nitrogens is 2. The van der Waals surface area contributed by atoms with E-state index in [9.17, 15) is 19.6 Å². The lowest BCUT2D eigenvalue weighted by Crippen LogP contribution is -2.42. The second kappa shape index (κ2) is 10.0. The van der Waals surface area contributed by atoms with Gasteiger partial charge in [-0.05, 0) is 36.6 Å². The average Bonchev–Trinajstić information content (AvgIpc) is 3.18. The molecule has 0 bridgehead atoms. The summed E-state index contributed by atoms with van der Waals surface area (Å²) in [6.45, 7) is 3.92. The Morgan fingerprint density at radius 3 is 2.64 bits per heavy atom. The van der Waals surface area contributed by atoms with Gasteiger partial charge in [-0.1, -0.05) is 26.0 Å². The van der Waals surface area contributed by atoms with Gasteiger partial charge in [0.25, 0.3) is 11.5 Å². The maximum Gasteiger partial charge on any atom is 0.265 e. The number of pyridine rings is 1. The van der Waals surface area contributed by atoms with Crippen molar-refractivity contribution in [2.75, 3.05) is 7.11 Å². The van der Waals surface area contributed by atoms with Crippen LogP contribution < -0.4 is 21.3 Å². The summed E-state index contributed by atoms with van der Waals surface area (Å²) in [5.41, 5.74) is 6.53. The minimum atomic E-state index is -0.927. The fourth-order valence-electron chi connectivity index (χ4n) is 3.94. The van der Waals surface area contributed by atoms with Crippen LogP contribution in [0.5, 0.6) is 5.75 Å². The molecule has 4 N–H and O–H groups in total. The molecule has 33 heavy (non-hydrogen) atoms. The fraction of sp³-hybridized carbons (Fsp3) is 0.333. The lowest BCUT2D eigenvalue weighted by atomic mass is 10.0. The number of ether oxygens (including phenoxy) is 1. The normalized spacial score (nSPS) is 12.8. The Balaban J connectivity index is 2.03. The monoisotopic (exact) mass is 449 g/mol. The fourth-order valence-corrected chi connectivity index (χ4v) is 3.94. The van der Waals surface area contributed by atoms with Crippen LogP contribution in [0.4, 0.5) is 0 Å². The van der Waals surface area contributed by atoms with Crippen molar-refractivity contribution in [3.05, 3.63) is 64.2 Å². The highest BCUT2D eigenvalue weighted by molar-refractivity contribution is 6.01. The van der Waals surface area contributed by atoms with Gasteiger partial charge in [-0.15, -0.1) is 0 Å². The lowest BCUT2D eigenvalue weighted by Gasteiger charge is -2.24. The van der Waals surface area contributed by atoms with Gasteiger partial charge in [0, 0.05) is 23.6 Å². The molecule has 2 amide bonds. The molecule has 0 radical (unpaired) electrons. The van der Waals surface area contributed by atoms with E-state index < -0.39 is 23.9 Å². The zero-order chi connectivity index (χ0) is 24.1. The summed E-state index contributed by atoms with van der Waals surface area (Å²) < 4.78 is 7.03. The number of rotatable bonds is 9. The van der Waals surface area contributed by atoms with E-state index in [0.717, 1.165) is 0 Å². The van der Waals surface area contributed by atoms with E-state index in [1.54, 1.807) is 41.0 Å². The van der Waals surface area contributed by atoms with Crippen LogP contribution in [-0.2, 0) is 11.2 Å². The Morgan fingerprint density at radius 2 is 2.03 bits per heavy atom. The maximum atomic E-state index is 13.4. The van der Waals surface area contributed by atoms with Gasteiger partial charge in [0.15, 0.2) is 0 Å². The van der Waals surface area contributed by atoms with Crippen LogP contribution in [0, 0.1) is 17.2 Å². The molecule has 9 nitrogen and oxygen atoms in total. The molecule has 0 saturated carbocycles. The zero-order valence-corrected chi connectivity index (χ0v) is 18.8. The average molecular weight is 450 g/mol. The molecule has 2 aromatic heterocycles. The predicted octanol–water partition coefficient (Wildman–Crippen LogP) is 2.28.